The number of H-pyrrole nitrogens is 1. The number of amides is 1. The quantitative estimate of drug-likeness (QED) is 0.427. The Morgan fingerprint density at radius 2 is 1.89 bits per heavy atom. The third kappa shape index (κ3) is 4.01. The van der Waals surface area contributed by atoms with Gasteiger partial charge in [-0.25, -0.2) is 9.37 Å². The van der Waals surface area contributed by atoms with Gasteiger partial charge in [0.2, 0.25) is 5.91 Å². The smallest absolute Gasteiger partial charge is 0.229 e. The zero-order chi connectivity index (χ0) is 24.0. The van der Waals surface area contributed by atoms with Crippen LogP contribution in [0, 0.1) is 5.82 Å². The number of carbonyl (C=O) groups is 1. The molecule has 2 aromatic heterocycles. The van der Waals surface area contributed by atoms with Gasteiger partial charge in [-0.2, -0.15) is 0 Å². The molecule has 0 spiro atoms. The number of nitrogens with two attached hydrogens (primary N) is 1. The van der Waals surface area contributed by atoms with E-state index >= 15 is 0 Å². The fourth-order valence-electron chi connectivity index (χ4n) is 4.56. The van der Waals surface area contributed by atoms with Gasteiger partial charge in [-0.05, 0) is 78.9 Å². The summed E-state index contributed by atoms with van der Waals surface area (Å²) in [6, 6.07) is 15.6. The van der Waals surface area contributed by atoms with Crippen molar-refractivity contribution in [2.75, 3.05) is 6.61 Å². The van der Waals surface area contributed by atoms with Crippen LogP contribution in [0.3, 0.4) is 0 Å². The number of nitrogens with one attached hydrogen (secondary N) is 1. The van der Waals surface area contributed by atoms with Crippen LogP contribution in [0.15, 0.2) is 67.0 Å². The second-order valence-electron chi connectivity index (χ2n) is 9.10. The van der Waals surface area contributed by atoms with Crippen LogP contribution in [0.25, 0.3) is 11.3 Å². The van der Waals surface area contributed by atoms with Crippen molar-refractivity contribution < 1.29 is 18.7 Å². The molecule has 8 heteroatoms. The van der Waals surface area contributed by atoms with Crippen molar-refractivity contribution in [1.29, 1.82) is 0 Å². The molecule has 0 radical (unpaired) electrons. The van der Waals surface area contributed by atoms with Crippen molar-refractivity contribution >= 4 is 5.91 Å². The van der Waals surface area contributed by atoms with Crippen LogP contribution in [0.5, 0.6) is 17.2 Å². The van der Waals surface area contributed by atoms with Crippen LogP contribution >= 0.6 is 0 Å². The van der Waals surface area contributed by atoms with E-state index in [0.29, 0.717) is 36.6 Å². The van der Waals surface area contributed by atoms with E-state index in [-0.39, 0.29) is 17.6 Å². The highest BCUT2D eigenvalue weighted by Gasteiger charge is 2.51. The molecule has 2 aliphatic rings. The number of nitrogens with zero attached hydrogens (tertiary/aromatic N) is 2. The van der Waals surface area contributed by atoms with Gasteiger partial charge in [0.05, 0.1) is 35.5 Å². The first kappa shape index (κ1) is 21.3. The predicted molar refractivity (Wildman–Crippen MR) is 127 cm³/mol. The molecule has 4 aromatic rings. The van der Waals surface area contributed by atoms with Crippen molar-refractivity contribution in [3.8, 4) is 28.5 Å². The summed E-state index contributed by atoms with van der Waals surface area (Å²) < 4.78 is 25.3. The van der Waals surface area contributed by atoms with Gasteiger partial charge in [0.1, 0.15) is 28.9 Å². The molecule has 1 aliphatic heterocycles. The molecule has 176 valence electrons. The highest BCUT2D eigenvalue weighted by atomic mass is 19.1. The summed E-state index contributed by atoms with van der Waals surface area (Å²) in [4.78, 5) is 24.1. The van der Waals surface area contributed by atoms with E-state index in [0.717, 1.165) is 34.8 Å². The number of rotatable bonds is 6. The summed E-state index contributed by atoms with van der Waals surface area (Å²) >= 11 is 0. The van der Waals surface area contributed by atoms with Crippen LogP contribution in [0.1, 0.15) is 35.8 Å². The largest absolute Gasteiger partial charge is 0.493 e. The third-order valence-corrected chi connectivity index (χ3v) is 6.75. The summed E-state index contributed by atoms with van der Waals surface area (Å²) in [5, 5.41) is 0. The third-order valence-electron chi connectivity index (χ3n) is 6.75. The van der Waals surface area contributed by atoms with Crippen molar-refractivity contribution in [2.45, 2.75) is 30.6 Å². The van der Waals surface area contributed by atoms with Crippen LogP contribution < -0.4 is 15.2 Å². The van der Waals surface area contributed by atoms with Gasteiger partial charge in [0.15, 0.2) is 0 Å². The molecule has 7 nitrogen and oxygen atoms in total. The molecule has 3 N–H and O–H groups in total. The Bertz CT molecular complexity index is 1410. The SMILES string of the molecule is NC(=O)C1(c2cc(Oc3ccc4c(c3)CC(c3ncc(-c5ccc(F)cc5)[nH]3)CO4)ccn2)CC1. The Balaban J connectivity index is 1.20. The van der Waals surface area contributed by atoms with E-state index in [4.69, 9.17) is 15.2 Å². The Labute approximate surface area is 201 Å². The average Bonchev–Trinajstić information content (AvgIpc) is 3.55. The van der Waals surface area contributed by atoms with Crippen molar-refractivity contribution in [3.05, 3.63) is 89.9 Å². The van der Waals surface area contributed by atoms with E-state index in [1.807, 2.05) is 18.2 Å². The number of carbonyl (C=O) groups excluding carboxylic acids is 1. The predicted octanol–water partition coefficient (Wildman–Crippen LogP) is 4.64. The van der Waals surface area contributed by atoms with Crippen molar-refractivity contribution in [2.24, 2.45) is 5.73 Å². The molecule has 1 unspecified atom stereocenters. The van der Waals surface area contributed by atoms with Crippen LogP contribution in [-0.2, 0) is 16.6 Å². The molecule has 6 rings (SSSR count). The number of benzene rings is 2. The molecule has 0 saturated heterocycles. The zero-order valence-electron chi connectivity index (χ0n) is 18.8. The monoisotopic (exact) mass is 470 g/mol. The minimum Gasteiger partial charge on any atom is -0.493 e. The van der Waals surface area contributed by atoms with Gasteiger partial charge in [-0.1, -0.05) is 0 Å². The fourth-order valence-corrected chi connectivity index (χ4v) is 4.56. The lowest BCUT2D eigenvalue weighted by molar-refractivity contribution is -0.120. The Hall–Kier alpha value is -4.20. The van der Waals surface area contributed by atoms with E-state index < -0.39 is 5.41 Å². The van der Waals surface area contributed by atoms with Gasteiger partial charge in [-0.15, -0.1) is 0 Å². The number of aromatic amines is 1. The normalized spacial score (nSPS) is 17.8. The molecule has 1 atom stereocenters. The highest BCUT2D eigenvalue weighted by molar-refractivity contribution is 5.89. The number of primary amides is 1. The molecule has 1 amide bonds. The van der Waals surface area contributed by atoms with Crippen LogP contribution in [0.2, 0.25) is 0 Å². The summed E-state index contributed by atoms with van der Waals surface area (Å²) in [5.74, 6) is 2.34. The number of pyridine rings is 1. The topological polar surface area (TPSA) is 103 Å². The number of halogens is 1. The fraction of sp³-hybridized carbons (Fsp3) is 0.222. The van der Waals surface area contributed by atoms with Crippen molar-refractivity contribution in [3.63, 3.8) is 0 Å². The molecular formula is C27H23FN4O3. The summed E-state index contributed by atoms with van der Waals surface area (Å²) in [7, 11) is 0. The maximum atomic E-state index is 13.2. The molecule has 0 bridgehead atoms. The van der Waals surface area contributed by atoms with E-state index in [9.17, 15) is 9.18 Å². The summed E-state index contributed by atoms with van der Waals surface area (Å²) in [5.41, 5.74) is 8.30. The molecule has 1 saturated carbocycles. The second kappa shape index (κ2) is 8.23. The average molecular weight is 471 g/mol. The Morgan fingerprint density at radius 1 is 1.09 bits per heavy atom. The second-order valence-corrected chi connectivity index (χ2v) is 9.10. The minimum absolute atomic E-state index is 0.0461. The van der Waals surface area contributed by atoms with Gasteiger partial charge >= 0.3 is 0 Å². The first-order valence-corrected chi connectivity index (χ1v) is 11.5. The number of aromatic nitrogens is 3. The summed E-state index contributed by atoms with van der Waals surface area (Å²) in [6.45, 7) is 0.506. The van der Waals surface area contributed by atoms with Crippen LogP contribution in [0.4, 0.5) is 4.39 Å². The zero-order valence-corrected chi connectivity index (χ0v) is 18.8. The number of hydrogen-bond acceptors (Lipinski definition) is 5. The Kier molecular flexibility index (Phi) is 5.02. The highest BCUT2D eigenvalue weighted by Crippen LogP contribution is 2.47. The lowest BCUT2D eigenvalue weighted by Crippen LogP contribution is -2.29. The van der Waals surface area contributed by atoms with Crippen LogP contribution in [-0.4, -0.2) is 27.5 Å². The number of fused-ring (bicyclic) bond motifs is 1. The molecule has 1 fully saturated rings. The standard InChI is InChI=1S/C27H23FN4O3/c28-19-3-1-16(2-4-19)22-14-31-25(32-22)18-11-17-12-20(5-6-23(17)34-15-18)35-21-7-10-30-24(13-21)27(8-9-27)26(29)33/h1-7,10,12-14,18H,8-9,11,15H2,(H2,29,33)(H,31,32). The molecule has 2 aromatic carbocycles. The molecule has 35 heavy (non-hydrogen) atoms. The van der Waals surface area contributed by atoms with E-state index in [1.54, 1.807) is 36.7 Å². The number of ether oxygens (including phenoxy) is 2. The lowest BCUT2D eigenvalue weighted by Gasteiger charge is -2.24. The lowest BCUT2D eigenvalue weighted by atomic mass is 9.96. The number of hydrogen-bond donors (Lipinski definition) is 2. The molecule has 3 heterocycles. The van der Waals surface area contributed by atoms with Gasteiger partial charge in [-0.3, -0.25) is 9.78 Å². The molecule has 1 aliphatic carbocycles. The number of imidazole rings is 1. The first-order valence-electron chi connectivity index (χ1n) is 11.5. The van der Waals surface area contributed by atoms with E-state index in [1.165, 1.54) is 12.1 Å². The maximum Gasteiger partial charge on any atom is 0.229 e. The van der Waals surface area contributed by atoms with E-state index in [2.05, 4.69) is 15.0 Å². The maximum absolute atomic E-state index is 13.2. The van der Waals surface area contributed by atoms with Gasteiger partial charge in [0.25, 0.3) is 0 Å². The Morgan fingerprint density at radius 3 is 2.66 bits per heavy atom. The minimum atomic E-state index is -0.661. The first-order chi connectivity index (χ1) is 17.0. The van der Waals surface area contributed by atoms with Gasteiger partial charge < -0.3 is 20.2 Å². The molecular weight excluding hydrogens is 447 g/mol. The van der Waals surface area contributed by atoms with Crippen molar-refractivity contribution in [1.82, 2.24) is 15.0 Å². The van der Waals surface area contributed by atoms with Gasteiger partial charge in [0, 0.05) is 12.3 Å². The summed E-state index contributed by atoms with van der Waals surface area (Å²) in [6.07, 6.45) is 5.56.